The second kappa shape index (κ2) is 10.7. The number of fused-ring (bicyclic) bond motifs is 1. The van der Waals surface area contributed by atoms with Crippen LogP contribution in [0.3, 0.4) is 0 Å². The lowest BCUT2D eigenvalue weighted by Crippen LogP contribution is -2.58. The van der Waals surface area contributed by atoms with Gasteiger partial charge in [0.1, 0.15) is 11.8 Å². The molecular formula is C29H41N3O5S. The fourth-order valence-corrected chi connectivity index (χ4v) is 9.76. The van der Waals surface area contributed by atoms with Gasteiger partial charge in [-0.2, -0.15) is 0 Å². The van der Waals surface area contributed by atoms with Crippen LogP contribution < -0.4 is 15.4 Å². The molecule has 6 atom stereocenters. The number of nitrogens with one attached hydrogen (secondary N) is 2. The number of benzene rings is 1. The van der Waals surface area contributed by atoms with Crippen LogP contribution in [0.1, 0.15) is 72.1 Å². The smallest absolute Gasteiger partial charge is 0.244 e. The van der Waals surface area contributed by atoms with Crippen LogP contribution in [0.25, 0.3) is 0 Å². The number of hydrogen-bond donors (Lipinski definition) is 3. The number of anilines is 1. The van der Waals surface area contributed by atoms with Crippen LogP contribution in [0, 0.1) is 11.8 Å². The van der Waals surface area contributed by atoms with E-state index in [2.05, 4.69) is 17.6 Å². The van der Waals surface area contributed by atoms with Gasteiger partial charge in [-0.1, -0.05) is 26.2 Å². The molecule has 4 aliphatic rings. The molecule has 38 heavy (non-hydrogen) atoms. The second-order valence-electron chi connectivity index (χ2n) is 11.5. The first-order valence-electron chi connectivity index (χ1n) is 14.2. The van der Waals surface area contributed by atoms with Crippen molar-refractivity contribution in [2.75, 3.05) is 18.5 Å². The Kier molecular flexibility index (Phi) is 7.70. The second-order valence-corrected chi connectivity index (χ2v) is 13.4. The normalized spacial score (nSPS) is 33.2. The van der Waals surface area contributed by atoms with E-state index in [4.69, 9.17) is 4.74 Å². The summed E-state index contributed by atoms with van der Waals surface area (Å²) in [5.41, 5.74) is 0.652. The Morgan fingerprint density at radius 2 is 1.84 bits per heavy atom. The first-order valence-corrected chi connectivity index (χ1v) is 15.1. The average Bonchev–Trinajstić information content (AvgIpc) is 3.48. The minimum atomic E-state index is -0.686. The van der Waals surface area contributed by atoms with Crippen LogP contribution in [-0.4, -0.2) is 68.6 Å². The molecule has 8 nitrogen and oxygen atoms in total. The predicted molar refractivity (Wildman–Crippen MR) is 148 cm³/mol. The molecule has 3 aliphatic heterocycles. The molecule has 0 aromatic heterocycles. The Morgan fingerprint density at radius 1 is 1.13 bits per heavy atom. The highest BCUT2D eigenvalue weighted by Crippen LogP contribution is 2.71. The van der Waals surface area contributed by atoms with Crippen molar-refractivity contribution in [2.24, 2.45) is 11.8 Å². The highest BCUT2D eigenvalue weighted by Gasteiger charge is 2.77. The largest absolute Gasteiger partial charge is 0.494 e. The van der Waals surface area contributed by atoms with Crippen LogP contribution in [0.15, 0.2) is 24.3 Å². The maximum absolute atomic E-state index is 14.2. The number of ether oxygens (including phenoxy) is 1. The molecule has 4 fully saturated rings. The zero-order valence-electron chi connectivity index (χ0n) is 22.7. The molecular weight excluding hydrogens is 502 g/mol. The number of aliphatic hydroxyl groups is 1. The summed E-state index contributed by atoms with van der Waals surface area (Å²) in [7, 11) is 0. The first-order chi connectivity index (χ1) is 18.3. The quantitative estimate of drug-likeness (QED) is 0.438. The Labute approximate surface area is 229 Å². The molecule has 5 rings (SSSR count). The van der Waals surface area contributed by atoms with Crippen molar-refractivity contribution in [3.8, 4) is 5.75 Å². The summed E-state index contributed by atoms with van der Waals surface area (Å²) in [4.78, 5) is 43.7. The van der Waals surface area contributed by atoms with E-state index in [0.29, 0.717) is 25.1 Å². The van der Waals surface area contributed by atoms with E-state index in [1.54, 1.807) is 16.7 Å². The molecule has 1 aliphatic carbocycles. The fraction of sp³-hybridized carbons (Fsp3) is 0.690. The average molecular weight is 544 g/mol. The van der Waals surface area contributed by atoms with E-state index in [-0.39, 0.29) is 30.4 Å². The molecule has 2 unspecified atom stereocenters. The standard InChI is InChI=1S/C29H41N3O5S/c1-4-20(17-33)32-24(26(35)31-18-9-7-6-8-10-18)29-16-15-28(3,38-29)22(23(29)27(32)36)25(34)30-19-11-13-21(14-12-19)37-5-2/h11-14,18,20,22-24,33H,4-10,15-17H2,1-3H3,(H,30,34)(H,31,35)/t20-,22+,23-,24?,28-,29?/m0/s1. The zero-order valence-corrected chi connectivity index (χ0v) is 23.5. The van der Waals surface area contributed by atoms with E-state index in [1.165, 1.54) is 6.42 Å². The summed E-state index contributed by atoms with van der Waals surface area (Å²) in [6.07, 6.45) is 7.31. The lowest BCUT2D eigenvalue weighted by atomic mass is 9.66. The number of rotatable bonds is 9. The first kappa shape index (κ1) is 27.3. The van der Waals surface area contributed by atoms with Crippen LogP contribution in [0.5, 0.6) is 5.75 Å². The molecule has 3 heterocycles. The van der Waals surface area contributed by atoms with E-state index in [9.17, 15) is 19.5 Å². The summed E-state index contributed by atoms with van der Waals surface area (Å²) >= 11 is 1.67. The molecule has 1 saturated carbocycles. The van der Waals surface area contributed by atoms with Gasteiger partial charge in [0, 0.05) is 16.5 Å². The summed E-state index contributed by atoms with van der Waals surface area (Å²) in [6.45, 7) is 6.28. The Morgan fingerprint density at radius 3 is 2.47 bits per heavy atom. The van der Waals surface area contributed by atoms with Crippen molar-refractivity contribution >= 4 is 35.2 Å². The third-order valence-corrected chi connectivity index (χ3v) is 11.2. The molecule has 9 heteroatoms. The van der Waals surface area contributed by atoms with Gasteiger partial charge >= 0.3 is 0 Å². The van der Waals surface area contributed by atoms with Gasteiger partial charge < -0.3 is 25.4 Å². The van der Waals surface area contributed by atoms with Gasteiger partial charge in [0.25, 0.3) is 0 Å². The molecule has 1 aromatic rings. The highest BCUT2D eigenvalue weighted by molar-refractivity contribution is 8.02. The Hall–Kier alpha value is -2.26. The number of aliphatic hydroxyl groups excluding tert-OH is 1. The number of nitrogens with zero attached hydrogens (tertiary/aromatic N) is 1. The lowest BCUT2D eigenvalue weighted by Gasteiger charge is -2.38. The van der Waals surface area contributed by atoms with Gasteiger partial charge in [0.15, 0.2) is 0 Å². The van der Waals surface area contributed by atoms with E-state index in [1.807, 2.05) is 38.1 Å². The maximum Gasteiger partial charge on any atom is 0.244 e. The summed E-state index contributed by atoms with van der Waals surface area (Å²) in [5, 5.41) is 16.5. The molecule has 0 radical (unpaired) electrons. The minimum absolute atomic E-state index is 0.121. The van der Waals surface area contributed by atoms with E-state index < -0.39 is 33.4 Å². The zero-order chi connectivity index (χ0) is 27.1. The van der Waals surface area contributed by atoms with Crippen molar-refractivity contribution in [3.05, 3.63) is 24.3 Å². The van der Waals surface area contributed by atoms with Crippen LogP contribution in [-0.2, 0) is 14.4 Å². The van der Waals surface area contributed by atoms with E-state index in [0.717, 1.165) is 37.9 Å². The third kappa shape index (κ3) is 4.49. The summed E-state index contributed by atoms with van der Waals surface area (Å²) in [5.74, 6) is -0.908. The minimum Gasteiger partial charge on any atom is -0.494 e. The van der Waals surface area contributed by atoms with Crippen molar-refractivity contribution in [3.63, 3.8) is 0 Å². The molecule has 1 spiro atoms. The summed E-state index contributed by atoms with van der Waals surface area (Å²) in [6, 6.07) is 6.24. The maximum atomic E-state index is 14.2. The SMILES string of the molecule is CCOc1ccc(NC(=O)[C@H]2[C@H]3C(=O)N([C@@H](CC)CO)C(C(=O)NC4CCCCC4)C34CC[C@]2(C)S4)cc1. The third-order valence-electron chi connectivity index (χ3n) is 9.21. The highest BCUT2D eigenvalue weighted by atomic mass is 32.2. The topological polar surface area (TPSA) is 108 Å². The molecule has 3 saturated heterocycles. The molecule has 3 amide bonds. The Bertz CT molecular complexity index is 1060. The number of likely N-dealkylation sites (tertiary alicyclic amines) is 1. The van der Waals surface area contributed by atoms with Gasteiger partial charge in [0.05, 0.1) is 35.8 Å². The van der Waals surface area contributed by atoms with Crippen molar-refractivity contribution in [2.45, 2.75) is 99.8 Å². The summed E-state index contributed by atoms with van der Waals surface area (Å²) < 4.78 is 4.40. The van der Waals surface area contributed by atoms with E-state index >= 15 is 0 Å². The van der Waals surface area contributed by atoms with Gasteiger partial charge in [-0.05, 0) is 70.2 Å². The number of thioether (sulfide) groups is 1. The van der Waals surface area contributed by atoms with Gasteiger partial charge in [0.2, 0.25) is 17.7 Å². The number of carbonyl (C=O) groups is 3. The van der Waals surface area contributed by atoms with Crippen LogP contribution >= 0.6 is 11.8 Å². The fourth-order valence-electron chi connectivity index (χ4n) is 7.42. The number of hydrogen-bond acceptors (Lipinski definition) is 6. The monoisotopic (exact) mass is 543 g/mol. The molecule has 2 bridgehead atoms. The van der Waals surface area contributed by atoms with Crippen molar-refractivity contribution < 1.29 is 24.2 Å². The Balaban J connectivity index is 1.45. The number of amides is 3. The molecule has 1 aromatic carbocycles. The molecule has 208 valence electrons. The van der Waals surface area contributed by atoms with Crippen LogP contribution in [0.2, 0.25) is 0 Å². The van der Waals surface area contributed by atoms with Crippen molar-refractivity contribution in [1.82, 2.24) is 10.2 Å². The molecule has 3 N–H and O–H groups in total. The number of carbonyl (C=O) groups excluding carboxylic acids is 3. The van der Waals surface area contributed by atoms with Crippen LogP contribution in [0.4, 0.5) is 5.69 Å². The predicted octanol–water partition coefficient (Wildman–Crippen LogP) is 3.72. The lowest BCUT2D eigenvalue weighted by molar-refractivity contribution is -0.142. The van der Waals surface area contributed by atoms with Crippen molar-refractivity contribution in [1.29, 1.82) is 0 Å². The van der Waals surface area contributed by atoms with Gasteiger partial charge in [-0.15, -0.1) is 11.8 Å². The van der Waals surface area contributed by atoms with Gasteiger partial charge in [-0.25, -0.2) is 0 Å². The van der Waals surface area contributed by atoms with Gasteiger partial charge in [-0.3, -0.25) is 14.4 Å².